The molecule has 2 N–H and O–H groups in total. The first-order valence-electron chi connectivity index (χ1n) is 6.72. The summed E-state index contributed by atoms with van der Waals surface area (Å²) in [5.74, 6) is 0.784. The van der Waals surface area contributed by atoms with E-state index in [-0.39, 0.29) is 5.91 Å². The Morgan fingerprint density at radius 3 is 3.17 bits per heavy atom. The van der Waals surface area contributed by atoms with Crippen LogP contribution in [0.1, 0.15) is 25.0 Å². The third-order valence-electron chi connectivity index (χ3n) is 3.34. The molecule has 4 nitrogen and oxygen atoms in total. The van der Waals surface area contributed by atoms with Gasteiger partial charge in [0.2, 0.25) is 5.91 Å². The van der Waals surface area contributed by atoms with Crippen LogP contribution >= 0.6 is 0 Å². The number of hydrogen-bond donors (Lipinski definition) is 2. The molecule has 1 unspecified atom stereocenters. The molecule has 1 aromatic rings. The smallest absolute Gasteiger partial charge is 0.226 e. The maximum absolute atomic E-state index is 11.7. The highest BCUT2D eigenvalue weighted by Gasteiger charge is 2.12. The van der Waals surface area contributed by atoms with E-state index < -0.39 is 0 Å². The molecule has 0 aromatic carbocycles. The molecule has 0 saturated carbocycles. The topological polar surface area (TPSA) is 54.0 Å². The zero-order valence-corrected chi connectivity index (χ0v) is 10.7. The monoisotopic (exact) mass is 247 g/mol. The molecule has 4 heteroatoms. The second kappa shape index (κ2) is 7.11. The minimum Gasteiger partial charge on any atom is -0.356 e. The zero-order valence-electron chi connectivity index (χ0n) is 10.7. The average Bonchev–Trinajstić information content (AvgIpc) is 2.41. The number of aromatic nitrogens is 1. The lowest BCUT2D eigenvalue weighted by atomic mass is 9.96. The van der Waals surface area contributed by atoms with Gasteiger partial charge in [-0.15, -0.1) is 0 Å². The van der Waals surface area contributed by atoms with Crippen molar-refractivity contribution < 1.29 is 4.79 Å². The number of amides is 1. The van der Waals surface area contributed by atoms with E-state index >= 15 is 0 Å². The Bertz CT molecular complexity index is 361. The molecule has 1 amide bonds. The van der Waals surface area contributed by atoms with Crippen molar-refractivity contribution in [2.45, 2.75) is 25.7 Å². The summed E-state index contributed by atoms with van der Waals surface area (Å²) in [4.78, 5) is 15.8. The second-order valence-electron chi connectivity index (χ2n) is 4.85. The number of rotatable bonds is 5. The van der Waals surface area contributed by atoms with Gasteiger partial charge < -0.3 is 10.6 Å². The van der Waals surface area contributed by atoms with Gasteiger partial charge in [-0.05, 0) is 50.4 Å². The van der Waals surface area contributed by atoms with Crippen LogP contribution in [0.2, 0.25) is 0 Å². The number of carbonyl (C=O) groups excluding carboxylic acids is 1. The van der Waals surface area contributed by atoms with Crippen LogP contribution in [0.5, 0.6) is 0 Å². The highest BCUT2D eigenvalue weighted by Crippen LogP contribution is 2.12. The van der Waals surface area contributed by atoms with Gasteiger partial charge in [0.1, 0.15) is 0 Å². The minimum atomic E-state index is 0.0671. The standard InChI is InChI=1S/C14H21N3O/c18-14(10-13-5-1-2-8-16-13)17-9-6-12-4-3-7-15-11-12/h1-2,5,8,12,15H,3-4,6-7,9-11H2,(H,17,18). The Labute approximate surface area is 108 Å². The van der Waals surface area contributed by atoms with E-state index in [2.05, 4.69) is 15.6 Å². The number of carbonyl (C=O) groups is 1. The van der Waals surface area contributed by atoms with Crippen molar-refractivity contribution in [3.8, 4) is 0 Å². The Kier molecular flexibility index (Phi) is 5.15. The molecule has 2 rings (SSSR count). The van der Waals surface area contributed by atoms with Crippen molar-refractivity contribution in [3.05, 3.63) is 30.1 Å². The van der Waals surface area contributed by atoms with Crippen LogP contribution in [-0.4, -0.2) is 30.5 Å². The predicted molar refractivity (Wildman–Crippen MR) is 71.2 cm³/mol. The number of nitrogens with zero attached hydrogens (tertiary/aromatic N) is 1. The molecular formula is C14H21N3O. The lowest BCUT2D eigenvalue weighted by Crippen LogP contribution is -2.33. The van der Waals surface area contributed by atoms with E-state index in [1.54, 1.807) is 6.20 Å². The van der Waals surface area contributed by atoms with Crippen molar-refractivity contribution in [2.24, 2.45) is 5.92 Å². The lowest BCUT2D eigenvalue weighted by Gasteiger charge is -2.22. The Morgan fingerprint density at radius 1 is 1.50 bits per heavy atom. The highest BCUT2D eigenvalue weighted by atomic mass is 16.1. The van der Waals surface area contributed by atoms with Gasteiger partial charge in [-0.1, -0.05) is 6.07 Å². The fourth-order valence-corrected chi connectivity index (χ4v) is 2.32. The maximum Gasteiger partial charge on any atom is 0.226 e. The largest absolute Gasteiger partial charge is 0.356 e. The predicted octanol–water partition coefficient (Wildman–Crippen LogP) is 1.13. The molecule has 18 heavy (non-hydrogen) atoms. The molecule has 1 aliphatic heterocycles. The van der Waals surface area contributed by atoms with E-state index in [4.69, 9.17) is 0 Å². The summed E-state index contributed by atoms with van der Waals surface area (Å²) in [6.07, 6.45) is 5.71. The molecule has 0 bridgehead atoms. The van der Waals surface area contributed by atoms with Crippen molar-refractivity contribution in [1.82, 2.24) is 15.6 Å². The summed E-state index contributed by atoms with van der Waals surface area (Å²) in [7, 11) is 0. The van der Waals surface area contributed by atoms with Crippen LogP contribution in [0, 0.1) is 5.92 Å². The van der Waals surface area contributed by atoms with Gasteiger partial charge in [-0.3, -0.25) is 9.78 Å². The van der Waals surface area contributed by atoms with Crippen molar-refractivity contribution >= 4 is 5.91 Å². The van der Waals surface area contributed by atoms with Crippen LogP contribution in [-0.2, 0) is 11.2 Å². The van der Waals surface area contributed by atoms with Crippen LogP contribution in [0.15, 0.2) is 24.4 Å². The molecule has 1 atom stereocenters. The molecule has 0 radical (unpaired) electrons. The third kappa shape index (κ3) is 4.45. The minimum absolute atomic E-state index is 0.0671. The molecule has 1 aromatic heterocycles. The van der Waals surface area contributed by atoms with Crippen LogP contribution in [0.4, 0.5) is 0 Å². The molecule has 98 valence electrons. The molecule has 0 aliphatic carbocycles. The van der Waals surface area contributed by atoms with E-state index in [0.29, 0.717) is 12.3 Å². The van der Waals surface area contributed by atoms with Crippen molar-refractivity contribution in [3.63, 3.8) is 0 Å². The van der Waals surface area contributed by atoms with Gasteiger partial charge >= 0.3 is 0 Å². The fraction of sp³-hybridized carbons (Fsp3) is 0.571. The lowest BCUT2D eigenvalue weighted by molar-refractivity contribution is -0.120. The normalized spacial score (nSPS) is 19.4. The van der Waals surface area contributed by atoms with Crippen LogP contribution < -0.4 is 10.6 Å². The fourth-order valence-electron chi connectivity index (χ4n) is 2.32. The summed E-state index contributed by atoms with van der Waals surface area (Å²) < 4.78 is 0. The summed E-state index contributed by atoms with van der Waals surface area (Å²) in [5, 5.41) is 6.36. The number of nitrogens with one attached hydrogen (secondary N) is 2. The van der Waals surface area contributed by atoms with E-state index in [1.807, 2.05) is 18.2 Å². The second-order valence-corrected chi connectivity index (χ2v) is 4.85. The van der Waals surface area contributed by atoms with Gasteiger partial charge in [0.25, 0.3) is 0 Å². The first-order valence-corrected chi connectivity index (χ1v) is 6.72. The molecule has 0 spiro atoms. The van der Waals surface area contributed by atoms with Crippen molar-refractivity contribution in [1.29, 1.82) is 0 Å². The van der Waals surface area contributed by atoms with Gasteiger partial charge in [-0.25, -0.2) is 0 Å². The highest BCUT2D eigenvalue weighted by molar-refractivity contribution is 5.77. The van der Waals surface area contributed by atoms with Gasteiger partial charge in [-0.2, -0.15) is 0 Å². The van der Waals surface area contributed by atoms with Crippen LogP contribution in [0.3, 0.4) is 0 Å². The molecule has 1 aliphatic rings. The maximum atomic E-state index is 11.7. The van der Waals surface area contributed by atoms with E-state index in [1.165, 1.54) is 12.8 Å². The summed E-state index contributed by atoms with van der Waals surface area (Å²) >= 11 is 0. The summed E-state index contributed by atoms with van der Waals surface area (Å²) in [6.45, 7) is 3.01. The third-order valence-corrected chi connectivity index (χ3v) is 3.34. The summed E-state index contributed by atoms with van der Waals surface area (Å²) in [5.41, 5.74) is 0.828. The number of hydrogen-bond acceptors (Lipinski definition) is 3. The Morgan fingerprint density at radius 2 is 2.44 bits per heavy atom. The molecule has 1 saturated heterocycles. The van der Waals surface area contributed by atoms with Gasteiger partial charge in [0.05, 0.1) is 6.42 Å². The first-order chi connectivity index (χ1) is 8.84. The number of pyridine rings is 1. The van der Waals surface area contributed by atoms with Crippen molar-refractivity contribution in [2.75, 3.05) is 19.6 Å². The zero-order chi connectivity index (χ0) is 12.6. The Hall–Kier alpha value is -1.42. The van der Waals surface area contributed by atoms with Gasteiger partial charge in [0, 0.05) is 18.4 Å². The van der Waals surface area contributed by atoms with E-state index in [9.17, 15) is 4.79 Å². The molecule has 2 heterocycles. The SMILES string of the molecule is O=C(Cc1ccccn1)NCCC1CCCNC1. The van der Waals surface area contributed by atoms with Crippen LogP contribution in [0.25, 0.3) is 0 Å². The summed E-state index contributed by atoms with van der Waals surface area (Å²) in [6, 6.07) is 5.64. The quantitative estimate of drug-likeness (QED) is 0.820. The molecule has 1 fully saturated rings. The van der Waals surface area contributed by atoms with E-state index in [0.717, 1.165) is 31.7 Å². The number of piperidine rings is 1. The molecular weight excluding hydrogens is 226 g/mol. The average molecular weight is 247 g/mol. The van der Waals surface area contributed by atoms with Gasteiger partial charge in [0.15, 0.2) is 0 Å². The Balaban J connectivity index is 1.62. The first kappa shape index (κ1) is 13.0.